The molecule has 0 aromatic heterocycles. The molecular formula is C17H23ClN2O5. The van der Waals surface area contributed by atoms with Crippen molar-refractivity contribution in [2.45, 2.75) is 19.3 Å². The average molecular weight is 371 g/mol. The molecule has 8 heteroatoms. The van der Waals surface area contributed by atoms with Crippen molar-refractivity contribution >= 4 is 29.1 Å². The second-order valence-corrected chi connectivity index (χ2v) is 6.23. The summed E-state index contributed by atoms with van der Waals surface area (Å²) in [5.74, 6) is 0.183. The van der Waals surface area contributed by atoms with Crippen molar-refractivity contribution in [1.82, 2.24) is 5.32 Å². The lowest BCUT2D eigenvalue weighted by Crippen LogP contribution is -2.40. The molecule has 0 saturated heterocycles. The third kappa shape index (κ3) is 4.35. The van der Waals surface area contributed by atoms with E-state index in [0.29, 0.717) is 54.6 Å². The number of carbonyl (C=O) groups excluding carboxylic acids is 2. The summed E-state index contributed by atoms with van der Waals surface area (Å²) in [6.45, 7) is 1.03. The minimum atomic E-state index is -1.02. The van der Waals surface area contributed by atoms with Crippen molar-refractivity contribution in [1.29, 1.82) is 0 Å². The summed E-state index contributed by atoms with van der Waals surface area (Å²) < 4.78 is 15.3. The second kappa shape index (κ2) is 8.40. The summed E-state index contributed by atoms with van der Waals surface area (Å²) in [5.41, 5.74) is -0.613. The van der Waals surface area contributed by atoms with Crippen molar-refractivity contribution < 1.29 is 23.8 Å². The Morgan fingerprint density at radius 3 is 2.36 bits per heavy atom. The van der Waals surface area contributed by atoms with Gasteiger partial charge in [0.15, 0.2) is 0 Å². The molecule has 1 saturated carbocycles. The highest BCUT2D eigenvalue weighted by molar-refractivity contribution is 6.32. The molecule has 7 nitrogen and oxygen atoms in total. The Morgan fingerprint density at radius 1 is 1.12 bits per heavy atom. The molecule has 138 valence electrons. The first kappa shape index (κ1) is 19.3. The molecule has 0 unspecified atom stereocenters. The van der Waals surface area contributed by atoms with Crippen LogP contribution in [-0.2, 0) is 14.3 Å². The van der Waals surface area contributed by atoms with Gasteiger partial charge in [0.05, 0.1) is 24.9 Å². The summed E-state index contributed by atoms with van der Waals surface area (Å²) in [6, 6.07) is 3.13. The van der Waals surface area contributed by atoms with Crippen LogP contribution in [0, 0.1) is 5.41 Å². The first-order valence-electron chi connectivity index (χ1n) is 7.98. The first-order chi connectivity index (χ1) is 12.0. The van der Waals surface area contributed by atoms with Gasteiger partial charge in [-0.05, 0) is 19.3 Å². The van der Waals surface area contributed by atoms with Gasteiger partial charge in [0, 0.05) is 32.4 Å². The molecule has 0 radical (unpaired) electrons. The Morgan fingerprint density at radius 2 is 1.80 bits per heavy atom. The maximum absolute atomic E-state index is 12.7. The molecule has 1 aliphatic rings. The summed E-state index contributed by atoms with van der Waals surface area (Å²) >= 11 is 6.06. The van der Waals surface area contributed by atoms with E-state index >= 15 is 0 Å². The van der Waals surface area contributed by atoms with Crippen molar-refractivity contribution in [2.75, 3.05) is 39.8 Å². The average Bonchev–Trinajstić information content (AvgIpc) is 3.41. The van der Waals surface area contributed by atoms with Gasteiger partial charge in [-0.3, -0.25) is 9.59 Å². The van der Waals surface area contributed by atoms with E-state index < -0.39 is 5.41 Å². The van der Waals surface area contributed by atoms with E-state index in [-0.39, 0.29) is 11.8 Å². The maximum Gasteiger partial charge on any atom is 0.240 e. The van der Waals surface area contributed by atoms with Crippen molar-refractivity contribution in [3.8, 4) is 11.5 Å². The SMILES string of the molecule is COCCCNC(=O)C1(C(=O)Nc2cc(OC)c(Cl)cc2OC)CC1. The molecule has 2 N–H and O–H groups in total. The Hall–Kier alpha value is -1.99. The number of carbonyl (C=O) groups is 2. The van der Waals surface area contributed by atoms with Gasteiger partial charge >= 0.3 is 0 Å². The fourth-order valence-corrected chi connectivity index (χ4v) is 2.70. The number of anilines is 1. The van der Waals surface area contributed by atoms with Crippen LogP contribution in [0.3, 0.4) is 0 Å². The van der Waals surface area contributed by atoms with Crippen LogP contribution < -0.4 is 20.1 Å². The van der Waals surface area contributed by atoms with E-state index in [1.165, 1.54) is 14.2 Å². The number of hydrogen-bond acceptors (Lipinski definition) is 5. The van der Waals surface area contributed by atoms with Crippen molar-refractivity contribution in [3.63, 3.8) is 0 Å². The molecule has 0 spiro atoms. The predicted molar refractivity (Wildman–Crippen MR) is 94.4 cm³/mol. The molecular weight excluding hydrogens is 348 g/mol. The smallest absolute Gasteiger partial charge is 0.240 e. The number of methoxy groups -OCH3 is 3. The number of halogens is 1. The van der Waals surface area contributed by atoms with E-state index in [4.69, 9.17) is 25.8 Å². The number of hydrogen-bond donors (Lipinski definition) is 2. The van der Waals surface area contributed by atoms with Gasteiger partial charge in [-0.2, -0.15) is 0 Å². The first-order valence-corrected chi connectivity index (χ1v) is 8.36. The van der Waals surface area contributed by atoms with Crippen LogP contribution >= 0.6 is 11.6 Å². The highest BCUT2D eigenvalue weighted by Crippen LogP contribution is 2.47. The number of rotatable bonds is 9. The molecule has 1 aliphatic carbocycles. The number of ether oxygens (including phenoxy) is 3. The Balaban J connectivity index is 2.07. The molecule has 2 rings (SSSR count). The lowest BCUT2D eigenvalue weighted by atomic mass is 10.0. The fourth-order valence-electron chi connectivity index (χ4n) is 2.47. The van der Waals surface area contributed by atoms with Gasteiger partial charge in [-0.15, -0.1) is 0 Å². The van der Waals surface area contributed by atoms with E-state index in [2.05, 4.69) is 10.6 Å². The van der Waals surface area contributed by atoms with Crippen molar-refractivity contribution in [3.05, 3.63) is 17.2 Å². The molecule has 1 fully saturated rings. The van der Waals surface area contributed by atoms with E-state index in [1.807, 2.05) is 0 Å². The third-order valence-corrected chi connectivity index (χ3v) is 4.45. The Bertz CT molecular complexity index is 646. The van der Waals surface area contributed by atoms with Crippen LogP contribution in [0.5, 0.6) is 11.5 Å². The summed E-state index contributed by atoms with van der Waals surface area (Å²) in [4.78, 5) is 25.0. The molecule has 0 aliphatic heterocycles. The molecule has 0 bridgehead atoms. The van der Waals surface area contributed by atoms with Gasteiger partial charge in [0.2, 0.25) is 11.8 Å². The standard InChI is InChI=1S/C17H23ClN2O5/c1-23-8-4-7-19-15(21)17(5-6-17)16(22)20-12-10-13(24-2)11(18)9-14(12)25-3/h9-10H,4-8H2,1-3H3,(H,19,21)(H,20,22). The summed E-state index contributed by atoms with van der Waals surface area (Å²) in [5, 5.41) is 5.92. The molecule has 1 aromatic rings. The van der Waals surface area contributed by atoms with Crippen LogP contribution in [0.2, 0.25) is 5.02 Å². The summed E-state index contributed by atoms with van der Waals surface area (Å²) in [7, 11) is 4.56. The number of amides is 2. The van der Waals surface area contributed by atoms with Crippen LogP contribution in [0.1, 0.15) is 19.3 Å². The normalized spacial score (nSPS) is 14.6. The number of benzene rings is 1. The monoisotopic (exact) mass is 370 g/mol. The topological polar surface area (TPSA) is 85.9 Å². The van der Waals surface area contributed by atoms with Crippen LogP contribution in [0.25, 0.3) is 0 Å². The minimum Gasteiger partial charge on any atom is -0.495 e. The highest BCUT2D eigenvalue weighted by Gasteiger charge is 2.56. The van der Waals surface area contributed by atoms with E-state index in [1.54, 1.807) is 19.2 Å². The fraction of sp³-hybridized carbons (Fsp3) is 0.529. The minimum absolute atomic E-state index is 0.263. The van der Waals surface area contributed by atoms with E-state index in [0.717, 1.165) is 0 Å². The molecule has 0 heterocycles. The van der Waals surface area contributed by atoms with Gasteiger partial charge in [-0.1, -0.05) is 11.6 Å². The van der Waals surface area contributed by atoms with Gasteiger partial charge in [0.1, 0.15) is 16.9 Å². The predicted octanol–water partition coefficient (Wildman–Crippen LogP) is 2.23. The lowest BCUT2D eigenvalue weighted by Gasteiger charge is -2.18. The quantitative estimate of drug-likeness (QED) is 0.514. The van der Waals surface area contributed by atoms with Crippen LogP contribution in [0.15, 0.2) is 12.1 Å². The zero-order valence-corrected chi connectivity index (χ0v) is 15.4. The lowest BCUT2D eigenvalue weighted by molar-refractivity contribution is -0.134. The molecule has 0 atom stereocenters. The zero-order valence-electron chi connectivity index (χ0n) is 14.6. The Kier molecular flexibility index (Phi) is 6.50. The van der Waals surface area contributed by atoms with Crippen LogP contribution in [-0.4, -0.2) is 46.3 Å². The van der Waals surface area contributed by atoms with Gasteiger partial charge < -0.3 is 24.8 Å². The van der Waals surface area contributed by atoms with Gasteiger partial charge in [0.25, 0.3) is 0 Å². The maximum atomic E-state index is 12.7. The van der Waals surface area contributed by atoms with E-state index in [9.17, 15) is 9.59 Å². The van der Waals surface area contributed by atoms with Gasteiger partial charge in [-0.25, -0.2) is 0 Å². The molecule has 2 amide bonds. The molecule has 25 heavy (non-hydrogen) atoms. The third-order valence-electron chi connectivity index (χ3n) is 4.15. The summed E-state index contributed by atoms with van der Waals surface area (Å²) in [6.07, 6.45) is 1.73. The largest absolute Gasteiger partial charge is 0.495 e. The molecule has 1 aromatic carbocycles. The number of nitrogens with one attached hydrogen (secondary N) is 2. The van der Waals surface area contributed by atoms with Crippen molar-refractivity contribution in [2.24, 2.45) is 5.41 Å². The van der Waals surface area contributed by atoms with Crippen LogP contribution in [0.4, 0.5) is 5.69 Å². The Labute approximate surface area is 152 Å². The second-order valence-electron chi connectivity index (χ2n) is 5.83. The zero-order chi connectivity index (χ0) is 18.4. The highest BCUT2D eigenvalue weighted by atomic mass is 35.5.